The summed E-state index contributed by atoms with van der Waals surface area (Å²) in [6, 6.07) is 9.57. The van der Waals surface area contributed by atoms with Crippen molar-refractivity contribution in [2.24, 2.45) is 0 Å². The number of aromatic amines is 1. The Hall–Kier alpha value is -4.21. The van der Waals surface area contributed by atoms with Crippen LogP contribution in [0, 0.1) is 11.6 Å². The van der Waals surface area contributed by atoms with Gasteiger partial charge < -0.3 is 10.7 Å². The van der Waals surface area contributed by atoms with Gasteiger partial charge in [0.1, 0.15) is 29.3 Å². The van der Waals surface area contributed by atoms with Crippen molar-refractivity contribution in [3.8, 4) is 5.69 Å². The highest BCUT2D eigenvalue weighted by atomic mass is 19.1. The number of fused-ring (bicyclic) bond motifs is 2. The molecule has 0 bridgehead atoms. The highest BCUT2D eigenvalue weighted by Crippen LogP contribution is 2.16. The number of rotatable bonds is 3. The number of halogens is 2. The Morgan fingerprint density at radius 1 is 1.03 bits per heavy atom. The number of aryl methyl sites for hydroxylation is 1. The maximum atomic E-state index is 13.4. The number of H-pyrrole nitrogens is 1. The molecular formula is C22H19F2N7O. The number of nitrogens with one attached hydrogen (secondary N) is 1. The van der Waals surface area contributed by atoms with E-state index in [4.69, 9.17) is 5.73 Å². The van der Waals surface area contributed by atoms with E-state index in [1.165, 1.54) is 59.7 Å². The fourth-order valence-corrected chi connectivity index (χ4v) is 3.24. The van der Waals surface area contributed by atoms with Crippen molar-refractivity contribution in [2.45, 2.75) is 19.8 Å². The maximum Gasteiger partial charge on any atom is 0.266 e. The lowest BCUT2D eigenvalue weighted by atomic mass is 10.2. The highest BCUT2D eigenvalue weighted by molar-refractivity contribution is 5.80. The van der Waals surface area contributed by atoms with E-state index in [2.05, 4.69) is 24.9 Å². The Morgan fingerprint density at radius 2 is 1.78 bits per heavy atom. The van der Waals surface area contributed by atoms with Crippen LogP contribution in [0.2, 0.25) is 0 Å². The van der Waals surface area contributed by atoms with E-state index in [1.54, 1.807) is 0 Å². The van der Waals surface area contributed by atoms with Crippen LogP contribution in [0.5, 0.6) is 0 Å². The van der Waals surface area contributed by atoms with E-state index in [1.807, 2.05) is 6.92 Å². The van der Waals surface area contributed by atoms with Gasteiger partial charge in [-0.25, -0.2) is 28.7 Å². The molecule has 0 radical (unpaired) electrons. The van der Waals surface area contributed by atoms with Crippen LogP contribution < -0.4 is 11.3 Å². The Labute approximate surface area is 180 Å². The van der Waals surface area contributed by atoms with Gasteiger partial charge in [0.2, 0.25) is 0 Å². The summed E-state index contributed by atoms with van der Waals surface area (Å²) >= 11 is 0. The fourth-order valence-electron chi connectivity index (χ4n) is 3.24. The van der Waals surface area contributed by atoms with Crippen LogP contribution in [-0.4, -0.2) is 29.5 Å². The van der Waals surface area contributed by atoms with Gasteiger partial charge in [0.05, 0.1) is 22.9 Å². The summed E-state index contributed by atoms with van der Waals surface area (Å²) in [7, 11) is 0. The van der Waals surface area contributed by atoms with E-state index in [0.29, 0.717) is 40.4 Å². The number of anilines is 1. The quantitative estimate of drug-likeness (QED) is 0.448. The molecule has 0 fully saturated rings. The van der Waals surface area contributed by atoms with Crippen LogP contribution in [-0.2, 0) is 6.42 Å². The fraction of sp³-hybridized carbons (Fsp3) is 0.136. The van der Waals surface area contributed by atoms with E-state index < -0.39 is 5.82 Å². The second-order valence-corrected chi connectivity index (χ2v) is 6.92. The summed E-state index contributed by atoms with van der Waals surface area (Å²) in [6.07, 6.45) is 4.33. The first-order chi connectivity index (χ1) is 15.5. The smallest absolute Gasteiger partial charge is 0.266 e. The third-order valence-corrected chi connectivity index (χ3v) is 4.71. The number of hydrogen-bond acceptors (Lipinski definition) is 6. The lowest BCUT2D eigenvalue weighted by Gasteiger charge is -2.13. The normalized spacial score (nSPS) is 10.8. The lowest BCUT2D eigenvalue weighted by molar-refractivity contribution is 0.627. The van der Waals surface area contributed by atoms with Gasteiger partial charge >= 0.3 is 0 Å². The van der Waals surface area contributed by atoms with Gasteiger partial charge in [-0.3, -0.25) is 9.36 Å². The molecule has 0 saturated heterocycles. The van der Waals surface area contributed by atoms with Crippen LogP contribution in [0.15, 0.2) is 59.9 Å². The van der Waals surface area contributed by atoms with Gasteiger partial charge in [0.25, 0.3) is 5.56 Å². The van der Waals surface area contributed by atoms with Crippen molar-refractivity contribution < 1.29 is 8.78 Å². The van der Waals surface area contributed by atoms with Gasteiger partial charge in [-0.1, -0.05) is 6.92 Å². The van der Waals surface area contributed by atoms with Crippen molar-refractivity contribution in [2.75, 3.05) is 5.73 Å². The molecule has 8 nitrogen and oxygen atoms in total. The van der Waals surface area contributed by atoms with Gasteiger partial charge in [0.15, 0.2) is 11.5 Å². The maximum absolute atomic E-state index is 13.4. The molecule has 0 saturated carbocycles. The number of nitrogen functional groups attached to an aromatic ring is 1. The predicted octanol–water partition coefficient (Wildman–Crippen LogP) is 3.55. The minimum atomic E-state index is -0.486. The minimum Gasteiger partial charge on any atom is -0.382 e. The van der Waals surface area contributed by atoms with Gasteiger partial charge in [0, 0.05) is 6.42 Å². The Balaban J connectivity index is 0.000000203. The summed E-state index contributed by atoms with van der Waals surface area (Å²) in [5, 5.41) is 0.212. The standard InChI is InChI=1S/C17H14F2N2O.C5H5N5/c1-2-3-16-20-15-9-6-12(19)10-14(15)17(22)21(16)13-7-4-11(18)5-8-13;6-4-3-5(9-1-7-3)10-2-8-4/h4-10H,2-3H2,1H3;1-2H,(H3,6,7,8,9,10). The van der Waals surface area contributed by atoms with E-state index >= 15 is 0 Å². The van der Waals surface area contributed by atoms with E-state index in [-0.39, 0.29) is 16.8 Å². The SMILES string of the molecule is CCCc1nc2ccc(F)cc2c(=O)n1-c1ccc(F)cc1.Nc1ncnc2nc[nH]c12. The molecule has 0 spiro atoms. The zero-order valence-corrected chi connectivity index (χ0v) is 17.1. The Morgan fingerprint density at radius 3 is 2.50 bits per heavy atom. The number of imidazole rings is 1. The molecule has 10 heteroatoms. The summed E-state index contributed by atoms with van der Waals surface area (Å²) in [5.41, 5.74) is 7.42. The molecule has 32 heavy (non-hydrogen) atoms. The first-order valence-electron chi connectivity index (χ1n) is 9.84. The molecule has 0 aliphatic rings. The average Bonchev–Trinajstić information content (AvgIpc) is 3.27. The Bertz CT molecular complexity index is 1440. The molecule has 5 aromatic rings. The van der Waals surface area contributed by atoms with Gasteiger partial charge in [-0.2, -0.15) is 0 Å². The average molecular weight is 435 g/mol. The topological polar surface area (TPSA) is 115 Å². The van der Waals surface area contributed by atoms with Crippen LogP contribution >= 0.6 is 0 Å². The highest BCUT2D eigenvalue weighted by Gasteiger charge is 2.13. The third kappa shape index (κ3) is 4.15. The van der Waals surface area contributed by atoms with Crippen molar-refractivity contribution in [1.29, 1.82) is 0 Å². The van der Waals surface area contributed by atoms with Crippen molar-refractivity contribution in [1.82, 2.24) is 29.5 Å². The molecule has 0 atom stereocenters. The zero-order valence-electron chi connectivity index (χ0n) is 17.1. The van der Waals surface area contributed by atoms with Crippen LogP contribution in [0.3, 0.4) is 0 Å². The first kappa shape index (κ1) is 21.0. The minimum absolute atomic E-state index is 0.212. The molecule has 0 amide bonds. The predicted molar refractivity (Wildman–Crippen MR) is 117 cm³/mol. The van der Waals surface area contributed by atoms with Gasteiger partial charge in [-0.15, -0.1) is 0 Å². The number of aromatic nitrogens is 6. The van der Waals surface area contributed by atoms with Crippen molar-refractivity contribution in [3.05, 3.63) is 82.9 Å². The Kier molecular flexibility index (Phi) is 5.84. The molecule has 3 N–H and O–H groups in total. The van der Waals surface area contributed by atoms with E-state index in [9.17, 15) is 13.6 Å². The second-order valence-electron chi connectivity index (χ2n) is 6.92. The monoisotopic (exact) mass is 435 g/mol. The van der Waals surface area contributed by atoms with Crippen molar-refractivity contribution >= 4 is 27.9 Å². The molecule has 0 unspecified atom stereocenters. The summed E-state index contributed by atoms with van der Waals surface area (Å²) in [5.74, 6) is 0.148. The largest absolute Gasteiger partial charge is 0.382 e. The number of nitrogens with zero attached hydrogens (tertiary/aromatic N) is 5. The number of nitrogens with two attached hydrogens (primary N) is 1. The summed E-state index contributed by atoms with van der Waals surface area (Å²) < 4.78 is 28.0. The first-order valence-corrected chi connectivity index (χ1v) is 9.84. The third-order valence-electron chi connectivity index (χ3n) is 4.71. The number of hydrogen-bond donors (Lipinski definition) is 2. The molecule has 0 aliphatic heterocycles. The molecular weight excluding hydrogens is 416 g/mol. The lowest BCUT2D eigenvalue weighted by Crippen LogP contribution is -2.24. The molecule has 3 heterocycles. The molecule has 2 aromatic carbocycles. The van der Waals surface area contributed by atoms with Crippen molar-refractivity contribution in [3.63, 3.8) is 0 Å². The molecule has 5 rings (SSSR count). The summed E-state index contributed by atoms with van der Waals surface area (Å²) in [4.78, 5) is 31.6. The number of benzene rings is 2. The summed E-state index contributed by atoms with van der Waals surface area (Å²) in [6.45, 7) is 1.98. The zero-order chi connectivity index (χ0) is 22.7. The molecule has 3 aromatic heterocycles. The molecule has 0 aliphatic carbocycles. The van der Waals surface area contributed by atoms with Gasteiger partial charge in [-0.05, 0) is 48.9 Å². The van der Waals surface area contributed by atoms with Crippen LogP contribution in [0.1, 0.15) is 19.2 Å². The van der Waals surface area contributed by atoms with E-state index in [0.717, 1.165) is 6.42 Å². The molecule has 162 valence electrons. The second kappa shape index (κ2) is 8.88. The van der Waals surface area contributed by atoms with Crippen LogP contribution in [0.25, 0.3) is 27.8 Å². The van der Waals surface area contributed by atoms with Crippen LogP contribution in [0.4, 0.5) is 14.6 Å².